The molecule has 0 bridgehead atoms. The Kier molecular flexibility index (Phi) is 4.48. The van der Waals surface area contributed by atoms with Gasteiger partial charge in [0.25, 0.3) is 0 Å². The van der Waals surface area contributed by atoms with Crippen molar-refractivity contribution in [3.63, 3.8) is 0 Å². The van der Waals surface area contributed by atoms with Gasteiger partial charge in [-0.15, -0.1) is 0 Å². The fraction of sp³-hybridized carbons (Fsp3) is 0.133. The first-order valence-corrected chi connectivity index (χ1v) is 6.44. The van der Waals surface area contributed by atoms with Gasteiger partial charge in [0, 0.05) is 16.8 Å². The first kappa shape index (κ1) is 14.2. The molecule has 4 nitrogen and oxygen atoms in total. The van der Waals surface area contributed by atoms with Crippen LogP contribution in [0.5, 0.6) is 5.75 Å². The number of aryl methyl sites for hydroxylation is 1. The van der Waals surface area contributed by atoms with Crippen LogP contribution in [0.1, 0.15) is 5.56 Å². The summed E-state index contributed by atoms with van der Waals surface area (Å²) < 4.78 is 5.17. The number of benzene rings is 2. The lowest BCUT2D eigenvalue weighted by Crippen LogP contribution is -2.19. The van der Waals surface area contributed by atoms with Crippen molar-refractivity contribution < 1.29 is 9.53 Å². The zero-order valence-corrected chi connectivity index (χ0v) is 12.0. The fourth-order valence-corrected chi connectivity index (χ4v) is 1.85. The average Bonchev–Trinajstić information content (AvgIpc) is 2.43. The predicted molar refractivity (Wildman–Crippen MR) is 81.8 cm³/mol. The van der Waals surface area contributed by atoms with Gasteiger partial charge >= 0.3 is 6.03 Å². The van der Waals surface area contributed by atoms with Crippen molar-refractivity contribution in [2.45, 2.75) is 6.92 Å². The van der Waals surface area contributed by atoms with Crippen molar-refractivity contribution in [1.29, 1.82) is 0 Å². The Balaban J connectivity index is 2.06. The Bertz CT molecular complexity index is 612. The standard InChI is InChI=1S/C15H15ClN2O2/c1-10-3-6-12(7-4-10)17-15(19)18-13-8-5-11(16)9-14(13)20-2/h3-9H,1-2H3,(H2,17,18,19). The topological polar surface area (TPSA) is 50.4 Å². The highest BCUT2D eigenvalue weighted by Gasteiger charge is 2.08. The lowest BCUT2D eigenvalue weighted by molar-refractivity contribution is 0.262. The van der Waals surface area contributed by atoms with E-state index in [0.717, 1.165) is 11.3 Å². The summed E-state index contributed by atoms with van der Waals surface area (Å²) in [6.45, 7) is 1.99. The lowest BCUT2D eigenvalue weighted by atomic mass is 10.2. The average molecular weight is 291 g/mol. The molecule has 2 aromatic rings. The Hall–Kier alpha value is -2.20. The van der Waals surface area contributed by atoms with Crippen molar-refractivity contribution >= 4 is 29.0 Å². The Morgan fingerprint density at radius 1 is 1.10 bits per heavy atom. The predicted octanol–water partition coefficient (Wildman–Crippen LogP) is 4.30. The maximum Gasteiger partial charge on any atom is 0.323 e. The van der Waals surface area contributed by atoms with Crippen LogP contribution in [-0.4, -0.2) is 13.1 Å². The minimum Gasteiger partial charge on any atom is -0.495 e. The number of nitrogens with one attached hydrogen (secondary N) is 2. The van der Waals surface area contributed by atoms with Gasteiger partial charge in [-0.3, -0.25) is 0 Å². The van der Waals surface area contributed by atoms with Crippen LogP contribution in [0, 0.1) is 6.92 Å². The molecule has 104 valence electrons. The van der Waals surface area contributed by atoms with E-state index in [9.17, 15) is 4.79 Å². The summed E-state index contributed by atoms with van der Waals surface area (Å²) in [5, 5.41) is 6.01. The van der Waals surface area contributed by atoms with E-state index >= 15 is 0 Å². The van der Waals surface area contributed by atoms with E-state index in [1.165, 1.54) is 7.11 Å². The fourth-order valence-electron chi connectivity index (χ4n) is 1.69. The summed E-state index contributed by atoms with van der Waals surface area (Å²) in [5.41, 5.74) is 2.41. The van der Waals surface area contributed by atoms with Gasteiger partial charge in [-0.1, -0.05) is 29.3 Å². The van der Waals surface area contributed by atoms with Gasteiger partial charge in [-0.05, 0) is 31.2 Å². The third kappa shape index (κ3) is 3.65. The third-order valence-corrected chi connectivity index (χ3v) is 2.96. The molecular formula is C15H15ClN2O2. The number of hydrogen-bond acceptors (Lipinski definition) is 2. The molecule has 0 fully saturated rings. The number of carbonyl (C=O) groups excluding carboxylic acids is 1. The van der Waals surface area contributed by atoms with Crippen molar-refractivity contribution in [3.8, 4) is 5.75 Å². The highest BCUT2D eigenvalue weighted by molar-refractivity contribution is 6.30. The molecule has 0 aromatic heterocycles. The van der Waals surface area contributed by atoms with E-state index in [1.54, 1.807) is 18.2 Å². The van der Waals surface area contributed by atoms with Gasteiger partial charge in [-0.25, -0.2) is 4.79 Å². The van der Waals surface area contributed by atoms with Crippen molar-refractivity contribution in [1.82, 2.24) is 0 Å². The number of ether oxygens (including phenoxy) is 1. The molecule has 0 saturated heterocycles. The zero-order chi connectivity index (χ0) is 14.5. The summed E-state index contributed by atoms with van der Waals surface area (Å²) >= 11 is 5.87. The smallest absolute Gasteiger partial charge is 0.323 e. The van der Waals surface area contributed by atoms with E-state index in [-0.39, 0.29) is 6.03 Å². The van der Waals surface area contributed by atoms with Gasteiger partial charge in [0.05, 0.1) is 12.8 Å². The largest absolute Gasteiger partial charge is 0.495 e. The van der Waals surface area contributed by atoms with E-state index in [2.05, 4.69) is 10.6 Å². The van der Waals surface area contributed by atoms with Gasteiger partial charge in [-0.2, -0.15) is 0 Å². The van der Waals surface area contributed by atoms with Crippen molar-refractivity contribution in [3.05, 3.63) is 53.1 Å². The number of hydrogen-bond donors (Lipinski definition) is 2. The molecule has 0 spiro atoms. The molecule has 0 unspecified atom stereocenters. The van der Waals surface area contributed by atoms with Gasteiger partial charge in [0.2, 0.25) is 0 Å². The Morgan fingerprint density at radius 2 is 1.80 bits per heavy atom. The SMILES string of the molecule is COc1cc(Cl)ccc1NC(=O)Nc1ccc(C)cc1. The number of halogens is 1. The second-order valence-electron chi connectivity index (χ2n) is 4.29. The minimum atomic E-state index is -0.338. The zero-order valence-electron chi connectivity index (χ0n) is 11.2. The maximum absolute atomic E-state index is 11.9. The van der Waals surface area contributed by atoms with Crippen molar-refractivity contribution in [2.24, 2.45) is 0 Å². The molecule has 0 aliphatic heterocycles. The van der Waals surface area contributed by atoms with E-state index in [0.29, 0.717) is 16.5 Å². The van der Waals surface area contributed by atoms with Crippen LogP contribution >= 0.6 is 11.6 Å². The summed E-state index contributed by atoms with van der Waals surface area (Å²) in [5.74, 6) is 0.511. The van der Waals surface area contributed by atoms with Gasteiger partial charge in [0.15, 0.2) is 0 Å². The summed E-state index contributed by atoms with van der Waals surface area (Å²) in [4.78, 5) is 11.9. The van der Waals surface area contributed by atoms with Gasteiger partial charge in [0.1, 0.15) is 5.75 Å². The molecule has 20 heavy (non-hydrogen) atoms. The second kappa shape index (κ2) is 6.30. The van der Waals surface area contributed by atoms with Crippen LogP contribution < -0.4 is 15.4 Å². The van der Waals surface area contributed by atoms with E-state index in [1.807, 2.05) is 31.2 Å². The van der Waals surface area contributed by atoms with Crippen LogP contribution in [0.2, 0.25) is 5.02 Å². The molecule has 0 aliphatic rings. The maximum atomic E-state index is 11.9. The van der Waals surface area contributed by atoms with Crippen LogP contribution in [0.4, 0.5) is 16.2 Å². The molecule has 0 radical (unpaired) electrons. The molecular weight excluding hydrogens is 276 g/mol. The number of anilines is 2. The van der Waals surface area contributed by atoms with Crippen LogP contribution in [0.3, 0.4) is 0 Å². The highest BCUT2D eigenvalue weighted by Crippen LogP contribution is 2.27. The minimum absolute atomic E-state index is 0.338. The molecule has 0 aliphatic carbocycles. The summed E-state index contributed by atoms with van der Waals surface area (Å²) in [7, 11) is 1.52. The van der Waals surface area contributed by atoms with E-state index in [4.69, 9.17) is 16.3 Å². The summed E-state index contributed by atoms with van der Waals surface area (Å²) in [6.07, 6.45) is 0. The molecule has 2 rings (SSSR count). The molecule has 2 N–H and O–H groups in total. The molecule has 2 amide bonds. The Morgan fingerprint density at radius 3 is 2.45 bits per heavy atom. The first-order chi connectivity index (χ1) is 9.58. The summed E-state index contributed by atoms with van der Waals surface area (Å²) in [6, 6.07) is 12.2. The van der Waals surface area contributed by atoms with Gasteiger partial charge < -0.3 is 15.4 Å². The van der Waals surface area contributed by atoms with Crippen LogP contribution in [-0.2, 0) is 0 Å². The van der Waals surface area contributed by atoms with E-state index < -0.39 is 0 Å². The molecule has 0 heterocycles. The number of carbonyl (C=O) groups is 1. The Labute approximate surface area is 122 Å². The number of rotatable bonds is 3. The van der Waals surface area contributed by atoms with Crippen LogP contribution in [0.25, 0.3) is 0 Å². The normalized spacial score (nSPS) is 9.95. The molecule has 5 heteroatoms. The third-order valence-electron chi connectivity index (χ3n) is 2.72. The molecule has 0 atom stereocenters. The second-order valence-corrected chi connectivity index (χ2v) is 4.73. The number of amides is 2. The first-order valence-electron chi connectivity index (χ1n) is 6.06. The number of urea groups is 1. The number of methoxy groups -OCH3 is 1. The molecule has 2 aromatic carbocycles. The molecule has 0 saturated carbocycles. The highest BCUT2D eigenvalue weighted by atomic mass is 35.5. The monoisotopic (exact) mass is 290 g/mol. The lowest BCUT2D eigenvalue weighted by Gasteiger charge is -2.11. The van der Waals surface area contributed by atoms with Crippen molar-refractivity contribution in [2.75, 3.05) is 17.7 Å². The van der Waals surface area contributed by atoms with Crippen LogP contribution in [0.15, 0.2) is 42.5 Å². The quantitative estimate of drug-likeness (QED) is 0.885.